The molecule has 140 valence electrons. The Morgan fingerprint density at radius 1 is 1.23 bits per heavy atom. The Morgan fingerprint density at radius 3 is 2.62 bits per heavy atom. The SMILES string of the molecule is CC(C)[C@H]1CC[C@@H](C)C[C@H]1OC(=O)CN1C(=O)c2ccc(Br)cc2C1=O. The zero-order chi connectivity index (χ0) is 19.0. The molecule has 26 heavy (non-hydrogen) atoms. The molecular formula is C20H24BrNO4. The number of hydrogen-bond acceptors (Lipinski definition) is 4. The van der Waals surface area contributed by atoms with Gasteiger partial charge in [-0.05, 0) is 48.8 Å². The Balaban J connectivity index is 1.68. The number of carbonyl (C=O) groups excluding carboxylic acids is 3. The van der Waals surface area contributed by atoms with Crippen LogP contribution >= 0.6 is 15.9 Å². The highest BCUT2D eigenvalue weighted by Crippen LogP contribution is 2.35. The molecule has 3 atom stereocenters. The van der Waals surface area contributed by atoms with Crippen LogP contribution in [0.5, 0.6) is 0 Å². The maximum atomic E-state index is 12.5. The second kappa shape index (κ2) is 7.51. The van der Waals surface area contributed by atoms with Gasteiger partial charge in [-0.2, -0.15) is 0 Å². The molecule has 0 spiro atoms. The highest BCUT2D eigenvalue weighted by atomic mass is 79.9. The van der Waals surface area contributed by atoms with Crippen LogP contribution in [0.4, 0.5) is 0 Å². The molecule has 0 aromatic heterocycles. The highest BCUT2D eigenvalue weighted by Gasteiger charge is 2.39. The van der Waals surface area contributed by atoms with E-state index < -0.39 is 17.8 Å². The summed E-state index contributed by atoms with van der Waals surface area (Å²) >= 11 is 3.30. The quantitative estimate of drug-likeness (QED) is 0.543. The lowest BCUT2D eigenvalue weighted by atomic mass is 9.75. The van der Waals surface area contributed by atoms with Gasteiger partial charge in [-0.1, -0.05) is 43.1 Å². The van der Waals surface area contributed by atoms with Crippen molar-refractivity contribution < 1.29 is 19.1 Å². The predicted octanol–water partition coefficient (Wildman–Crippen LogP) is 4.05. The molecule has 6 heteroatoms. The van der Waals surface area contributed by atoms with Gasteiger partial charge in [-0.15, -0.1) is 0 Å². The van der Waals surface area contributed by atoms with E-state index in [9.17, 15) is 14.4 Å². The Morgan fingerprint density at radius 2 is 1.92 bits per heavy atom. The van der Waals surface area contributed by atoms with E-state index in [1.54, 1.807) is 18.2 Å². The predicted molar refractivity (Wildman–Crippen MR) is 101 cm³/mol. The lowest BCUT2D eigenvalue weighted by molar-refractivity contribution is -0.156. The van der Waals surface area contributed by atoms with E-state index in [2.05, 4.69) is 36.7 Å². The van der Waals surface area contributed by atoms with Crippen molar-refractivity contribution in [1.82, 2.24) is 4.90 Å². The van der Waals surface area contributed by atoms with Gasteiger partial charge in [0.05, 0.1) is 11.1 Å². The Labute approximate surface area is 162 Å². The number of carbonyl (C=O) groups is 3. The Bertz CT molecular complexity index is 745. The molecule has 1 aromatic carbocycles. The third-order valence-corrected chi connectivity index (χ3v) is 5.96. The van der Waals surface area contributed by atoms with Crippen molar-refractivity contribution in [3.63, 3.8) is 0 Å². The van der Waals surface area contributed by atoms with Crippen LogP contribution in [0.1, 0.15) is 60.7 Å². The summed E-state index contributed by atoms with van der Waals surface area (Å²) in [5.74, 6) is -0.124. The number of benzene rings is 1. The maximum Gasteiger partial charge on any atom is 0.326 e. The van der Waals surface area contributed by atoms with Crippen molar-refractivity contribution >= 4 is 33.7 Å². The van der Waals surface area contributed by atoms with Crippen molar-refractivity contribution in [1.29, 1.82) is 0 Å². The maximum absolute atomic E-state index is 12.5. The van der Waals surface area contributed by atoms with Crippen LogP contribution in [0.25, 0.3) is 0 Å². The monoisotopic (exact) mass is 421 g/mol. The minimum absolute atomic E-state index is 0.143. The molecule has 1 aromatic rings. The van der Waals surface area contributed by atoms with Crippen LogP contribution in [0, 0.1) is 17.8 Å². The molecule has 1 aliphatic carbocycles. The fourth-order valence-electron chi connectivity index (χ4n) is 3.99. The highest BCUT2D eigenvalue weighted by molar-refractivity contribution is 9.10. The summed E-state index contributed by atoms with van der Waals surface area (Å²) < 4.78 is 6.44. The molecule has 2 aliphatic rings. The summed E-state index contributed by atoms with van der Waals surface area (Å²) in [6.45, 7) is 6.12. The van der Waals surface area contributed by atoms with E-state index in [1.807, 2.05) is 0 Å². The molecule has 0 bridgehead atoms. The Kier molecular flexibility index (Phi) is 5.51. The number of amides is 2. The van der Waals surface area contributed by atoms with Gasteiger partial charge in [-0.3, -0.25) is 19.3 Å². The molecule has 0 unspecified atom stereocenters. The minimum atomic E-state index is -0.511. The second-order valence-corrected chi connectivity index (χ2v) is 8.66. The van der Waals surface area contributed by atoms with Crippen molar-refractivity contribution in [2.45, 2.75) is 46.1 Å². The zero-order valence-electron chi connectivity index (χ0n) is 15.3. The molecule has 2 amide bonds. The van der Waals surface area contributed by atoms with Crippen molar-refractivity contribution in [3.8, 4) is 0 Å². The van der Waals surface area contributed by atoms with Crippen LogP contribution in [-0.2, 0) is 9.53 Å². The molecule has 0 N–H and O–H groups in total. The summed E-state index contributed by atoms with van der Waals surface area (Å²) in [6.07, 6.45) is 2.88. The summed E-state index contributed by atoms with van der Waals surface area (Å²) in [5.41, 5.74) is 0.654. The van der Waals surface area contributed by atoms with Crippen molar-refractivity contribution in [3.05, 3.63) is 33.8 Å². The molecule has 1 saturated carbocycles. The van der Waals surface area contributed by atoms with Crippen molar-refractivity contribution in [2.24, 2.45) is 17.8 Å². The third kappa shape index (κ3) is 3.70. The number of halogens is 1. The minimum Gasteiger partial charge on any atom is -0.461 e. The average Bonchev–Trinajstić information content (AvgIpc) is 2.79. The number of esters is 1. The van der Waals surface area contributed by atoms with Crippen molar-refractivity contribution in [2.75, 3.05) is 6.54 Å². The first kappa shape index (κ1) is 19.1. The number of nitrogens with zero attached hydrogens (tertiary/aromatic N) is 1. The molecule has 1 fully saturated rings. The molecule has 1 heterocycles. The summed E-state index contributed by atoms with van der Waals surface area (Å²) in [7, 11) is 0. The summed E-state index contributed by atoms with van der Waals surface area (Å²) in [5, 5.41) is 0. The largest absolute Gasteiger partial charge is 0.461 e. The normalized spacial score (nSPS) is 25.6. The molecule has 0 saturated heterocycles. The molecular weight excluding hydrogens is 398 g/mol. The van der Waals surface area contributed by atoms with Crippen LogP contribution in [0.3, 0.4) is 0 Å². The van der Waals surface area contributed by atoms with Gasteiger partial charge in [-0.25, -0.2) is 0 Å². The molecule has 3 rings (SSSR count). The summed E-state index contributed by atoms with van der Waals surface area (Å²) in [6, 6.07) is 4.92. The van der Waals surface area contributed by atoms with Gasteiger partial charge in [0, 0.05) is 4.47 Å². The van der Waals surface area contributed by atoms with Gasteiger partial charge >= 0.3 is 5.97 Å². The smallest absolute Gasteiger partial charge is 0.326 e. The van der Waals surface area contributed by atoms with E-state index in [1.165, 1.54) is 0 Å². The number of hydrogen-bond donors (Lipinski definition) is 0. The number of ether oxygens (including phenoxy) is 1. The first-order valence-electron chi connectivity index (χ1n) is 9.13. The number of rotatable bonds is 4. The number of imide groups is 1. The fraction of sp³-hybridized carbons (Fsp3) is 0.550. The zero-order valence-corrected chi connectivity index (χ0v) is 16.9. The van der Waals surface area contributed by atoms with Gasteiger partial charge in [0.2, 0.25) is 0 Å². The molecule has 0 radical (unpaired) electrons. The topological polar surface area (TPSA) is 63.7 Å². The van der Waals surface area contributed by atoms with E-state index in [-0.39, 0.29) is 12.6 Å². The molecule has 1 aliphatic heterocycles. The number of fused-ring (bicyclic) bond motifs is 1. The Hall–Kier alpha value is -1.69. The lowest BCUT2D eigenvalue weighted by Gasteiger charge is -2.36. The van der Waals surface area contributed by atoms with E-state index >= 15 is 0 Å². The van der Waals surface area contributed by atoms with E-state index in [0.29, 0.717) is 28.9 Å². The van der Waals surface area contributed by atoms with Gasteiger partial charge in [0.15, 0.2) is 0 Å². The van der Waals surface area contributed by atoms with Gasteiger partial charge in [0.1, 0.15) is 12.6 Å². The third-order valence-electron chi connectivity index (χ3n) is 5.46. The van der Waals surface area contributed by atoms with E-state index in [4.69, 9.17) is 4.74 Å². The van der Waals surface area contributed by atoms with Gasteiger partial charge < -0.3 is 4.74 Å². The first-order chi connectivity index (χ1) is 12.3. The first-order valence-corrected chi connectivity index (χ1v) is 9.92. The van der Waals surface area contributed by atoms with Crippen LogP contribution in [0.2, 0.25) is 0 Å². The van der Waals surface area contributed by atoms with Gasteiger partial charge in [0.25, 0.3) is 11.8 Å². The lowest BCUT2D eigenvalue weighted by Crippen LogP contribution is -2.40. The fourth-order valence-corrected chi connectivity index (χ4v) is 4.35. The van der Waals surface area contributed by atoms with E-state index in [0.717, 1.165) is 28.6 Å². The molecule has 5 nitrogen and oxygen atoms in total. The summed E-state index contributed by atoms with van der Waals surface area (Å²) in [4.78, 5) is 38.4. The average molecular weight is 422 g/mol. The van der Waals surface area contributed by atoms with Crippen LogP contribution < -0.4 is 0 Å². The standard InChI is InChI=1S/C20H24BrNO4/c1-11(2)14-6-4-12(3)8-17(14)26-18(23)10-22-19(24)15-7-5-13(21)9-16(15)20(22)25/h5,7,9,11-12,14,17H,4,6,8,10H2,1-3H3/t12-,14-,17-/m1/s1. The van der Waals surface area contributed by atoms with Crippen LogP contribution in [-0.4, -0.2) is 35.3 Å². The van der Waals surface area contributed by atoms with Crippen LogP contribution in [0.15, 0.2) is 22.7 Å². The second-order valence-electron chi connectivity index (χ2n) is 7.74.